The summed E-state index contributed by atoms with van der Waals surface area (Å²) in [7, 11) is 1.92. The molecule has 1 aliphatic heterocycles. The van der Waals surface area contributed by atoms with Gasteiger partial charge in [0.2, 0.25) is 0 Å². The summed E-state index contributed by atoms with van der Waals surface area (Å²) >= 11 is 0. The van der Waals surface area contributed by atoms with Crippen molar-refractivity contribution in [2.75, 3.05) is 18.4 Å². The van der Waals surface area contributed by atoms with E-state index >= 15 is 0 Å². The molecule has 1 aliphatic carbocycles. The van der Waals surface area contributed by atoms with Gasteiger partial charge in [-0.05, 0) is 35.7 Å². The molecular weight excluding hydrogens is 420 g/mol. The third kappa shape index (κ3) is 4.23. The minimum atomic E-state index is -0.373. The Hall–Kier alpha value is -3.59. The number of aromatic nitrogens is 4. The molecule has 0 bridgehead atoms. The lowest BCUT2D eigenvalue weighted by atomic mass is 9.97. The highest BCUT2D eigenvalue weighted by Crippen LogP contribution is 2.45. The predicted octanol–water partition coefficient (Wildman–Crippen LogP) is 1.87. The van der Waals surface area contributed by atoms with Gasteiger partial charge in [0, 0.05) is 55.8 Å². The summed E-state index contributed by atoms with van der Waals surface area (Å²) in [5.74, 6) is 0.970. The number of rotatable bonds is 6. The molecule has 2 N–H and O–H groups in total. The molecule has 1 aromatic carbocycles. The van der Waals surface area contributed by atoms with Crippen LogP contribution < -0.4 is 5.32 Å². The molecule has 170 valence electrons. The zero-order chi connectivity index (χ0) is 23.1. The first kappa shape index (κ1) is 21.3. The van der Waals surface area contributed by atoms with Crippen LogP contribution in [0, 0.1) is 11.8 Å². The van der Waals surface area contributed by atoms with E-state index in [2.05, 4.69) is 27.4 Å². The SMILES string of the molecule is C[C@H](Cc1nncn1C)c1cccc(NC(=O)c2cc(C(=O)N3C[C@@H]4C(O)[C@@H]4C3)ccn2)c1. The largest absolute Gasteiger partial charge is 0.392 e. The Bertz CT molecular complexity index is 1200. The van der Waals surface area contributed by atoms with Crippen molar-refractivity contribution in [2.24, 2.45) is 18.9 Å². The van der Waals surface area contributed by atoms with Gasteiger partial charge in [0.25, 0.3) is 11.8 Å². The van der Waals surface area contributed by atoms with Gasteiger partial charge in [0.1, 0.15) is 17.8 Å². The van der Waals surface area contributed by atoms with E-state index in [1.54, 1.807) is 17.3 Å². The van der Waals surface area contributed by atoms with Crippen LogP contribution in [0.15, 0.2) is 48.9 Å². The van der Waals surface area contributed by atoms with Crippen molar-refractivity contribution in [3.63, 3.8) is 0 Å². The van der Waals surface area contributed by atoms with Gasteiger partial charge >= 0.3 is 0 Å². The molecule has 1 saturated heterocycles. The predicted molar refractivity (Wildman–Crippen MR) is 121 cm³/mol. The number of pyridine rings is 1. The Morgan fingerprint density at radius 2 is 2.00 bits per heavy atom. The minimum Gasteiger partial charge on any atom is -0.392 e. The van der Waals surface area contributed by atoms with Crippen molar-refractivity contribution < 1.29 is 14.7 Å². The monoisotopic (exact) mass is 446 g/mol. The molecule has 33 heavy (non-hydrogen) atoms. The van der Waals surface area contributed by atoms with E-state index in [9.17, 15) is 14.7 Å². The van der Waals surface area contributed by atoms with Gasteiger partial charge in [-0.1, -0.05) is 19.1 Å². The molecule has 5 rings (SSSR count). The quantitative estimate of drug-likeness (QED) is 0.598. The molecule has 1 unspecified atom stereocenters. The maximum atomic E-state index is 12.8. The molecule has 3 heterocycles. The second-order valence-corrected chi connectivity index (χ2v) is 9.00. The third-order valence-corrected chi connectivity index (χ3v) is 6.68. The lowest BCUT2D eigenvalue weighted by molar-refractivity contribution is 0.0746. The number of likely N-dealkylation sites (tertiary alicyclic amines) is 1. The number of piperidine rings is 1. The van der Waals surface area contributed by atoms with Crippen molar-refractivity contribution in [3.05, 3.63) is 71.6 Å². The fourth-order valence-corrected chi connectivity index (χ4v) is 4.53. The number of aliphatic hydroxyl groups excluding tert-OH is 1. The van der Waals surface area contributed by atoms with Gasteiger partial charge < -0.3 is 19.9 Å². The number of benzene rings is 1. The van der Waals surface area contributed by atoms with Crippen molar-refractivity contribution in [3.8, 4) is 0 Å². The molecule has 0 spiro atoms. The van der Waals surface area contributed by atoms with Gasteiger partial charge in [-0.2, -0.15) is 0 Å². The Labute approximate surface area is 191 Å². The third-order valence-electron chi connectivity index (χ3n) is 6.68. The van der Waals surface area contributed by atoms with Crippen LogP contribution in [0.4, 0.5) is 5.69 Å². The number of aryl methyl sites for hydroxylation is 1. The number of amides is 2. The molecule has 1 saturated carbocycles. The highest BCUT2D eigenvalue weighted by molar-refractivity contribution is 6.04. The van der Waals surface area contributed by atoms with Gasteiger partial charge in [0.05, 0.1) is 6.10 Å². The van der Waals surface area contributed by atoms with Crippen LogP contribution in [-0.2, 0) is 13.5 Å². The van der Waals surface area contributed by atoms with E-state index in [1.807, 2.05) is 35.9 Å². The number of hydrogen-bond donors (Lipinski definition) is 2. The Kier molecular flexibility index (Phi) is 5.41. The summed E-state index contributed by atoms with van der Waals surface area (Å²) in [5.41, 5.74) is 2.34. The molecule has 2 fully saturated rings. The second-order valence-electron chi connectivity index (χ2n) is 9.00. The minimum absolute atomic E-state index is 0.134. The molecule has 2 aromatic heterocycles. The van der Waals surface area contributed by atoms with Crippen LogP contribution in [0.3, 0.4) is 0 Å². The van der Waals surface area contributed by atoms with Crippen LogP contribution in [0.25, 0.3) is 0 Å². The highest BCUT2D eigenvalue weighted by Gasteiger charge is 2.56. The standard InChI is InChI=1S/C24H26N6O3/c1-14(8-21-28-26-13-29(21)2)15-4-3-5-17(9-15)27-23(32)20-10-16(6-7-25-20)24(33)30-11-18-19(12-30)22(18)31/h3-7,9-10,13-14,18-19,22,31H,8,11-12H2,1-2H3,(H,27,32)/t14-,18-,19+,22?/m1/s1. The van der Waals surface area contributed by atoms with E-state index in [1.165, 1.54) is 12.3 Å². The summed E-state index contributed by atoms with van der Waals surface area (Å²) in [5, 5.41) is 20.6. The number of carbonyl (C=O) groups is 2. The van der Waals surface area contributed by atoms with E-state index in [-0.39, 0.29) is 41.4 Å². The fourth-order valence-electron chi connectivity index (χ4n) is 4.53. The number of hydrogen-bond acceptors (Lipinski definition) is 6. The lowest BCUT2D eigenvalue weighted by Gasteiger charge is -2.19. The summed E-state index contributed by atoms with van der Waals surface area (Å²) in [6, 6.07) is 10.8. The van der Waals surface area contributed by atoms with Crippen LogP contribution in [0.5, 0.6) is 0 Å². The molecule has 9 nitrogen and oxygen atoms in total. The summed E-state index contributed by atoms with van der Waals surface area (Å²) in [4.78, 5) is 31.5. The van der Waals surface area contributed by atoms with Gasteiger partial charge in [-0.3, -0.25) is 14.6 Å². The van der Waals surface area contributed by atoms with Crippen molar-refractivity contribution in [1.82, 2.24) is 24.6 Å². The van der Waals surface area contributed by atoms with E-state index < -0.39 is 0 Å². The number of aliphatic hydroxyl groups is 1. The molecule has 2 aliphatic rings. The average molecular weight is 447 g/mol. The molecular formula is C24H26N6O3. The zero-order valence-electron chi connectivity index (χ0n) is 18.5. The number of fused-ring (bicyclic) bond motifs is 1. The average Bonchev–Trinajstić information content (AvgIpc) is 3.17. The maximum Gasteiger partial charge on any atom is 0.274 e. The van der Waals surface area contributed by atoms with Crippen LogP contribution in [-0.4, -0.2) is 60.8 Å². The Morgan fingerprint density at radius 1 is 1.21 bits per heavy atom. The van der Waals surface area contributed by atoms with Crippen LogP contribution in [0.2, 0.25) is 0 Å². The first-order valence-corrected chi connectivity index (χ1v) is 11.1. The first-order valence-electron chi connectivity index (χ1n) is 11.1. The van der Waals surface area contributed by atoms with E-state index in [0.717, 1.165) is 17.8 Å². The van der Waals surface area contributed by atoms with Gasteiger partial charge in [0.15, 0.2) is 0 Å². The highest BCUT2D eigenvalue weighted by atomic mass is 16.3. The number of nitrogens with one attached hydrogen (secondary N) is 1. The topological polar surface area (TPSA) is 113 Å². The second kappa shape index (κ2) is 8.40. The van der Waals surface area contributed by atoms with E-state index in [0.29, 0.717) is 24.3 Å². The maximum absolute atomic E-state index is 12.8. The normalized spacial score (nSPS) is 22.0. The molecule has 3 aromatic rings. The lowest BCUT2D eigenvalue weighted by Crippen LogP contribution is -2.32. The molecule has 2 amide bonds. The van der Waals surface area contributed by atoms with Gasteiger partial charge in [-0.15, -0.1) is 10.2 Å². The number of nitrogens with zero attached hydrogens (tertiary/aromatic N) is 5. The van der Waals surface area contributed by atoms with Gasteiger partial charge in [-0.25, -0.2) is 0 Å². The van der Waals surface area contributed by atoms with Crippen molar-refractivity contribution >= 4 is 17.5 Å². The molecule has 0 radical (unpaired) electrons. The van der Waals surface area contributed by atoms with E-state index in [4.69, 9.17) is 0 Å². The van der Waals surface area contributed by atoms with Crippen LogP contribution in [0.1, 0.15) is 45.1 Å². The zero-order valence-corrected chi connectivity index (χ0v) is 18.5. The summed E-state index contributed by atoms with van der Waals surface area (Å²) in [6.07, 6.45) is 3.62. The Morgan fingerprint density at radius 3 is 2.73 bits per heavy atom. The van der Waals surface area contributed by atoms with Crippen molar-refractivity contribution in [2.45, 2.75) is 25.4 Å². The fraction of sp³-hybridized carbons (Fsp3) is 0.375. The first-order chi connectivity index (χ1) is 15.9. The Balaban J connectivity index is 1.25. The van der Waals surface area contributed by atoms with Crippen LogP contribution >= 0.6 is 0 Å². The number of carbonyl (C=O) groups excluding carboxylic acids is 2. The summed E-state index contributed by atoms with van der Waals surface area (Å²) in [6.45, 7) is 3.23. The van der Waals surface area contributed by atoms with Crippen molar-refractivity contribution in [1.29, 1.82) is 0 Å². The summed E-state index contributed by atoms with van der Waals surface area (Å²) < 4.78 is 1.90. The smallest absolute Gasteiger partial charge is 0.274 e. The number of anilines is 1. The molecule has 4 atom stereocenters. The molecule has 9 heteroatoms.